The zero-order chi connectivity index (χ0) is 13.5. The minimum absolute atomic E-state index is 0.0276. The average molecular weight is 250 g/mol. The Morgan fingerprint density at radius 2 is 2.33 bits per heavy atom. The van der Waals surface area contributed by atoms with Gasteiger partial charge >= 0.3 is 0 Å². The number of hydrogen-bond acceptors (Lipinski definition) is 4. The highest BCUT2D eigenvalue weighted by atomic mass is 16.6. The number of nitrogens with zero attached hydrogens (tertiary/aromatic N) is 1. The second-order valence-electron chi connectivity index (χ2n) is 4.05. The van der Waals surface area contributed by atoms with Gasteiger partial charge in [0.05, 0.1) is 18.1 Å². The average Bonchev–Trinajstić information content (AvgIpc) is 2.36. The van der Waals surface area contributed by atoms with Crippen LogP contribution in [-0.2, 0) is 0 Å². The number of hydrogen-bond donors (Lipinski definition) is 1. The molecule has 0 fully saturated rings. The molecule has 5 nitrogen and oxygen atoms in total. The van der Waals surface area contributed by atoms with Crippen molar-refractivity contribution in [2.24, 2.45) is 0 Å². The summed E-state index contributed by atoms with van der Waals surface area (Å²) in [6.07, 6.45) is 3.59. The van der Waals surface area contributed by atoms with Gasteiger partial charge in [-0.2, -0.15) is 0 Å². The lowest BCUT2D eigenvalue weighted by Crippen LogP contribution is -2.15. The van der Waals surface area contributed by atoms with Crippen molar-refractivity contribution >= 4 is 11.4 Å². The van der Waals surface area contributed by atoms with E-state index in [4.69, 9.17) is 4.74 Å². The molecule has 1 N–H and O–H groups in total. The molecule has 0 heterocycles. The Kier molecular flexibility index (Phi) is 5.17. The number of allylic oxidation sites excluding steroid dienone is 1. The van der Waals surface area contributed by atoms with E-state index >= 15 is 0 Å². The van der Waals surface area contributed by atoms with E-state index in [9.17, 15) is 10.1 Å². The highest BCUT2D eigenvalue weighted by molar-refractivity contribution is 5.64. The number of anilines is 1. The maximum atomic E-state index is 11.0. The van der Waals surface area contributed by atoms with Gasteiger partial charge in [0.15, 0.2) is 0 Å². The standard InChI is InChI=1S/C13H18N2O3/c1-4-5-6-10(2)14-12-8-7-11(18-3)9-13(12)15(16)17/h4,7-10,14H,1,5-6H2,2-3H3. The number of ether oxygens (including phenoxy) is 1. The van der Waals surface area contributed by atoms with Gasteiger partial charge in [0.1, 0.15) is 11.4 Å². The molecule has 5 heteroatoms. The Balaban J connectivity index is 2.87. The van der Waals surface area contributed by atoms with Crippen molar-refractivity contribution in [3.8, 4) is 5.75 Å². The molecule has 1 rings (SSSR count). The first kappa shape index (κ1) is 14.0. The smallest absolute Gasteiger partial charge is 0.296 e. The highest BCUT2D eigenvalue weighted by Crippen LogP contribution is 2.29. The molecule has 0 aromatic heterocycles. The molecule has 98 valence electrons. The number of nitrogens with one attached hydrogen (secondary N) is 1. The SMILES string of the molecule is C=CCCC(C)Nc1ccc(OC)cc1[N+](=O)[O-]. The van der Waals surface area contributed by atoms with Crippen molar-refractivity contribution in [1.29, 1.82) is 0 Å². The van der Waals surface area contributed by atoms with E-state index in [0.29, 0.717) is 11.4 Å². The molecule has 0 aliphatic rings. The fourth-order valence-corrected chi connectivity index (χ4v) is 1.62. The van der Waals surface area contributed by atoms with E-state index in [2.05, 4.69) is 11.9 Å². The first-order valence-corrected chi connectivity index (χ1v) is 5.78. The van der Waals surface area contributed by atoms with Crippen molar-refractivity contribution in [3.63, 3.8) is 0 Å². The number of nitro groups is 1. The topological polar surface area (TPSA) is 64.4 Å². The third-order valence-electron chi connectivity index (χ3n) is 2.61. The molecule has 0 spiro atoms. The molecule has 0 amide bonds. The maximum Gasteiger partial charge on any atom is 0.296 e. The molecule has 0 saturated carbocycles. The van der Waals surface area contributed by atoms with Crippen molar-refractivity contribution < 1.29 is 9.66 Å². The van der Waals surface area contributed by atoms with Crippen molar-refractivity contribution in [2.75, 3.05) is 12.4 Å². The Morgan fingerprint density at radius 3 is 2.89 bits per heavy atom. The Hall–Kier alpha value is -2.04. The summed E-state index contributed by atoms with van der Waals surface area (Å²) < 4.78 is 4.98. The Morgan fingerprint density at radius 1 is 1.61 bits per heavy atom. The monoisotopic (exact) mass is 250 g/mol. The number of rotatable bonds is 7. The maximum absolute atomic E-state index is 11.0. The zero-order valence-electron chi connectivity index (χ0n) is 10.7. The molecule has 1 aromatic carbocycles. The second-order valence-corrected chi connectivity index (χ2v) is 4.05. The number of methoxy groups -OCH3 is 1. The molecule has 0 aliphatic carbocycles. The summed E-state index contributed by atoms with van der Waals surface area (Å²) in [4.78, 5) is 10.6. The quantitative estimate of drug-likeness (QED) is 0.458. The van der Waals surface area contributed by atoms with Crippen LogP contribution in [-0.4, -0.2) is 18.1 Å². The lowest BCUT2D eigenvalue weighted by molar-refractivity contribution is -0.384. The first-order chi connectivity index (χ1) is 8.58. The van der Waals surface area contributed by atoms with Crippen LogP contribution in [0.3, 0.4) is 0 Å². The minimum atomic E-state index is -0.412. The van der Waals surface area contributed by atoms with Crippen LogP contribution < -0.4 is 10.1 Å². The summed E-state index contributed by atoms with van der Waals surface area (Å²) in [7, 11) is 1.48. The molecular formula is C13H18N2O3. The van der Waals surface area contributed by atoms with E-state index in [0.717, 1.165) is 12.8 Å². The van der Waals surface area contributed by atoms with Crippen molar-refractivity contribution in [2.45, 2.75) is 25.8 Å². The van der Waals surface area contributed by atoms with Gasteiger partial charge in [-0.15, -0.1) is 6.58 Å². The van der Waals surface area contributed by atoms with Crippen LogP contribution in [0.1, 0.15) is 19.8 Å². The van der Waals surface area contributed by atoms with Gasteiger partial charge in [0.25, 0.3) is 5.69 Å². The third-order valence-corrected chi connectivity index (χ3v) is 2.61. The Labute approximate surface area is 107 Å². The summed E-state index contributed by atoms with van der Waals surface area (Å²) in [5.41, 5.74) is 0.539. The predicted molar refractivity (Wildman–Crippen MR) is 72.2 cm³/mol. The largest absolute Gasteiger partial charge is 0.496 e. The van der Waals surface area contributed by atoms with Crippen LogP contribution in [0.4, 0.5) is 11.4 Å². The number of nitro benzene ring substituents is 1. The van der Waals surface area contributed by atoms with Gasteiger partial charge < -0.3 is 10.1 Å². The van der Waals surface area contributed by atoms with Gasteiger partial charge in [-0.3, -0.25) is 10.1 Å². The molecule has 1 unspecified atom stereocenters. The van der Waals surface area contributed by atoms with Crippen LogP contribution in [0.5, 0.6) is 5.75 Å². The lowest BCUT2D eigenvalue weighted by Gasteiger charge is -2.14. The molecule has 1 atom stereocenters. The minimum Gasteiger partial charge on any atom is -0.496 e. The molecule has 1 aromatic rings. The zero-order valence-corrected chi connectivity index (χ0v) is 10.7. The van der Waals surface area contributed by atoms with Crippen LogP contribution in [0.15, 0.2) is 30.9 Å². The van der Waals surface area contributed by atoms with E-state index in [1.165, 1.54) is 13.2 Å². The predicted octanol–water partition coefficient (Wildman–Crippen LogP) is 3.37. The summed E-state index contributed by atoms with van der Waals surface area (Å²) in [5.74, 6) is 0.478. The van der Waals surface area contributed by atoms with Gasteiger partial charge in [0.2, 0.25) is 0 Å². The fraction of sp³-hybridized carbons (Fsp3) is 0.385. The first-order valence-electron chi connectivity index (χ1n) is 5.78. The highest BCUT2D eigenvalue weighted by Gasteiger charge is 2.16. The van der Waals surface area contributed by atoms with Gasteiger partial charge in [-0.1, -0.05) is 6.08 Å². The normalized spacial score (nSPS) is 11.7. The Bertz CT molecular complexity index is 432. The number of benzene rings is 1. The summed E-state index contributed by atoms with van der Waals surface area (Å²) in [5, 5.41) is 14.1. The van der Waals surface area contributed by atoms with Crippen LogP contribution in [0, 0.1) is 10.1 Å². The van der Waals surface area contributed by atoms with Crippen LogP contribution >= 0.6 is 0 Å². The lowest BCUT2D eigenvalue weighted by atomic mass is 10.1. The van der Waals surface area contributed by atoms with Gasteiger partial charge in [-0.05, 0) is 31.9 Å². The second kappa shape index (κ2) is 6.64. The molecule has 0 aliphatic heterocycles. The van der Waals surface area contributed by atoms with E-state index in [1.54, 1.807) is 12.1 Å². The molecular weight excluding hydrogens is 232 g/mol. The summed E-state index contributed by atoms with van der Waals surface area (Å²) in [6.45, 7) is 5.64. The van der Waals surface area contributed by atoms with Crippen molar-refractivity contribution in [1.82, 2.24) is 0 Å². The fourth-order valence-electron chi connectivity index (χ4n) is 1.62. The molecule has 0 bridgehead atoms. The molecule has 0 saturated heterocycles. The molecule has 18 heavy (non-hydrogen) atoms. The van der Waals surface area contributed by atoms with Gasteiger partial charge in [-0.25, -0.2) is 0 Å². The molecule has 0 radical (unpaired) electrons. The summed E-state index contributed by atoms with van der Waals surface area (Å²) >= 11 is 0. The van der Waals surface area contributed by atoms with E-state index < -0.39 is 4.92 Å². The van der Waals surface area contributed by atoms with E-state index in [1.807, 2.05) is 13.0 Å². The van der Waals surface area contributed by atoms with Crippen LogP contribution in [0.2, 0.25) is 0 Å². The van der Waals surface area contributed by atoms with Crippen LogP contribution in [0.25, 0.3) is 0 Å². The third kappa shape index (κ3) is 3.76. The summed E-state index contributed by atoms with van der Waals surface area (Å²) in [6, 6.07) is 4.94. The van der Waals surface area contributed by atoms with Crippen molar-refractivity contribution in [3.05, 3.63) is 41.0 Å². The van der Waals surface area contributed by atoms with E-state index in [-0.39, 0.29) is 11.7 Å². The van der Waals surface area contributed by atoms with Gasteiger partial charge in [0, 0.05) is 6.04 Å².